The van der Waals surface area contributed by atoms with E-state index in [1.807, 2.05) is 37.3 Å². The molecule has 1 amide bonds. The topological polar surface area (TPSA) is 63.4 Å². The van der Waals surface area contributed by atoms with Crippen molar-refractivity contribution < 1.29 is 18.5 Å². The number of likely N-dealkylation sites (tertiary alicyclic amines) is 1. The van der Waals surface area contributed by atoms with Crippen molar-refractivity contribution in [2.45, 2.75) is 33.1 Å². The molecule has 1 aliphatic rings. The van der Waals surface area contributed by atoms with Crippen LogP contribution in [0.1, 0.15) is 51.9 Å². The van der Waals surface area contributed by atoms with E-state index in [1.54, 1.807) is 24.0 Å². The van der Waals surface area contributed by atoms with Gasteiger partial charge in [-0.3, -0.25) is 9.59 Å². The van der Waals surface area contributed by atoms with Crippen LogP contribution in [-0.4, -0.2) is 34.8 Å². The van der Waals surface area contributed by atoms with Crippen molar-refractivity contribution in [1.82, 2.24) is 10.1 Å². The smallest absolute Gasteiger partial charge is 0.259 e. The van der Waals surface area contributed by atoms with Gasteiger partial charge in [-0.2, -0.15) is 0 Å². The van der Waals surface area contributed by atoms with Crippen molar-refractivity contribution in [3.8, 4) is 11.1 Å². The lowest BCUT2D eigenvalue weighted by atomic mass is 9.89. The summed E-state index contributed by atoms with van der Waals surface area (Å²) in [5.41, 5.74) is 2.70. The molecule has 0 N–H and O–H groups in total. The number of Topliss-reactive ketones (excluding diaryl/α,β-unsaturated/α-hetero) is 1. The van der Waals surface area contributed by atoms with E-state index in [0.717, 1.165) is 12.0 Å². The zero-order valence-corrected chi connectivity index (χ0v) is 17.7. The van der Waals surface area contributed by atoms with Crippen LogP contribution in [0.4, 0.5) is 4.39 Å². The maximum Gasteiger partial charge on any atom is 0.259 e. The standard InChI is InChI=1S/C25H25FN2O3/c1-3-22-23(16(2)31-27-22)25(30)28-13-7-10-19(15-28)24(29)18-11-12-20(21(26)14-18)17-8-5-4-6-9-17/h4-6,8-9,11-12,14,19H,3,7,10,13,15H2,1-2H3/t19-/m1/s1. The molecule has 0 radical (unpaired) electrons. The van der Waals surface area contributed by atoms with Gasteiger partial charge in [-0.1, -0.05) is 54.5 Å². The van der Waals surface area contributed by atoms with E-state index >= 15 is 0 Å². The Balaban J connectivity index is 1.52. The summed E-state index contributed by atoms with van der Waals surface area (Å²) in [6.07, 6.45) is 1.99. The first-order valence-electron chi connectivity index (χ1n) is 10.6. The van der Waals surface area contributed by atoms with Crippen LogP contribution in [0.5, 0.6) is 0 Å². The highest BCUT2D eigenvalue weighted by molar-refractivity contribution is 6.00. The van der Waals surface area contributed by atoms with Crippen molar-refractivity contribution >= 4 is 11.7 Å². The molecule has 4 rings (SSSR count). The number of carbonyl (C=O) groups is 2. The normalized spacial score (nSPS) is 16.4. The van der Waals surface area contributed by atoms with Gasteiger partial charge >= 0.3 is 0 Å². The predicted molar refractivity (Wildman–Crippen MR) is 115 cm³/mol. The van der Waals surface area contributed by atoms with Gasteiger partial charge in [0.25, 0.3) is 5.91 Å². The predicted octanol–water partition coefficient (Wildman–Crippen LogP) is 5.09. The van der Waals surface area contributed by atoms with E-state index in [1.165, 1.54) is 6.07 Å². The van der Waals surface area contributed by atoms with Crippen LogP contribution in [0.2, 0.25) is 0 Å². The number of nitrogens with zero attached hydrogens (tertiary/aromatic N) is 2. The first kappa shape index (κ1) is 21.0. The first-order valence-corrected chi connectivity index (χ1v) is 10.6. The fourth-order valence-corrected chi connectivity index (χ4v) is 4.22. The molecule has 2 aromatic carbocycles. The molecular formula is C25H25FN2O3. The monoisotopic (exact) mass is 420 g/mol. The number of hydrogen-bond acceptors (Lipinski definition) is 4. The van der Waals surface area contributed by atoms with Gasteiger partial charge in [0.15, 0.2) is 5.78 Å². The van der Waals surface area contributed by atoms with Crippen molar-refractivity contribution in [1.29, 1.82) is 0 Å². The Kier molecular flexibility index (Phi) is 5.98. The van der Waals surface area contributed by atoms with Crippen molar-refractivity contribution in [2.75, 3.05) is 13.1 Å². The van der Waals surface area contributed by atoms with Gasteiger partial charge in [-0.15, -0.1) is 0 Å². The van der Waals surface area contributed by atoms with Crippen LogP contribution < -0.4 is 0 Å². The van der Waals surface area contributed by atoms with E-state index in [2.05, 4.69) is 5.16 Å². The fraction of sp³-hybridized carbons (Fsp3) is 0.320. The van der Waals surface area contributed by atoms with Gasteiger partial charge < -0.3 is 9.42 Å². The van der Waals surface area contributed by atoms with Crippen LogP contribution in [0.3, 0.4) is 0 Å². The summed E-state index contributed by atoms with van der Waals surface area (Å²) in [5.74, 6) is -0.570. The molecule has 160 valence electrons. The summed E-state index contributed by atoms with van der Waals surface area (Å²) in [6.45, 7) is 4.54. The summed E-state index contributed by atoms with van der Waals surface area (Å²) >= 11 is 0. The second-order valence-corrected chi connectivity index (χ2v) is 7.93. The van der Waals surface area contributed by atoms with E-state index in [-0.39, 0.29) is 17.6 Å². The van der Waals surface area contributed by atoms with Gasteiger partial charge in [0, 0.05) is 30.1 Å². The molecule has 6 heteroatoms. The molecule has 0 aliphatic carbocycles. The molecule has 2 heterocycles. The van der Waals surface area contributed by atoms with Gasteiger partial charge in [0.1, 0.15) is 17.1 Å². The molecule has 1 aromatic heterocycles. The highest BCUT2D eigenvalue weighted by atomic mass is 19.1. The Morgan fingerprint density at radius 2 is 1.97 bits per heavy atom. The summed E-state index contributed by atoms with van der Waals surface area (Å²) in [6, 6.07) is 13.9. The molecule has 0 saturated carbocycles. The minimum absolute atomic E-state index is 0.131. The number of aromatic nitrogens is 1. The molecule has 5 nitrogen and oxygen atoms in total. The first-order chi connectivity index (χ1) is 15.0. The number of benzene rings is 2. The van der Waals surface area contributed by atoms with Crippen molar-refractivity contribution in [3.63, 3.8) is 0 Å². The average Bonchev–Trinajstić information content (AvgIpc) is 3.19. The van der Waals surface area contributed by atoms with E-state index in [0.29, 0.717) is 54.1 Å². The fourth-order valence-electron chi connectivity index (χ4n) is 4.22. The number of amides is 1. The van der Waals surface area contributed by atoms with Crippen LogP contribution in [-0.2, 0) is 6.42 Å². The van der Waals surface area contributed by atoms with Gasteiger partial charge in [-0.25, -0.2) is 4.39 Å². The number of aryl methyl sites for hydroxylation is 2. The zero-order chi connectivity index (χ0) is 22.0. The molecule has 0 unspecified atom stereocenters. The summed E-state index contributed by atoms with van der Waals surface area (Å²) < 4.78 is 19.9. The van der Waals surface area contributed by atoms with Crippen LogP contribution in [0.15, 0.2) is 53.1 Å². The van der Waals surface area contributed by atoms with Crippen LogP contribution in [0, 0.1) is 18.7 Å². The van der Waals surface area contributed by atoms with Crippen LogP contribution in [0.25, 0.3) is 11.1 Å². The molecule has 0 bridgehead atoms. The number of carbonyl (C=O) groups excluding carboxylic acids is 2. The molecule has 1 saturated heterocycles. The molecule has 1 aliphatic heterocycles. The number of rotatable bonds is 5. The van der Waals surface area contributed by atoms with Gasteiger partial charge in [-0.05, 0) is 37.8 Å². The Labute approximate surface area is 180 Å². The lowest BCUT2D eigenvalue weighted by Crippen LogP contribution is -2.42. The largest absolute Gasteiger partial charge is 0.361 e. The van der Waals surface area contributed by atoms with Crippen LogP contribution >= 0.6 is 0 Å². The number of ketones is 1. The Hall–Kier alpha value is -3.28. The van der Waals surface area contributed by atoms with E-state index < -0.39 is 5.82 Å². The second kappa shape index (κ2) is 8.84. The van der Waals surface area contributed by atoms with E-state index in [4.69, 9.17) is 4.52 Å². The van der Waals surface area contributed by atoms with Gasteiger partial charge in [0.05, 0.1) is 5.69 Å². The molecule has 31 heavy (non-hydrogen) atoms. The third kappa shape index (κ3) is 4.15. The Morgan fingerprint density at radius 3 is 2.68 bits per heavy atom. The van der Waals surface area contributed by atoms with E-state index in [9.17, 15) is 14.0 Å². The number of halogens is 1. The number of piperidine rings is 1. The average molecular weight is 420 g/mol. The maximum atomic E-state index is 14.7. The third-order valence-corrected chi connectivity index (χ3v) is 5.90. The summed E-state index contributed by atoms with van der Waals surface area (Å²) in [7, 11) is 0. The maximum absolute atomic E-state index is 14.7. The molecule has 0 spiro atoms. The highest BCUT2D eigenvalue weighted by Crippen LogP contribution is 2.27. The number of hydrogen-bond donors (Lipinski definition) is 0. The lowest BCUT2D eigenvalue weighted by Gasteiger charge is -2.32. The van der Waals surface area contributed by atoms with Crippen molar-refractivity contribution in [3.05, 3.63) is 76.9 Å². The second-order valence-electron chi connectivity index (χ2n) is 7.93. The Bertz CT molecular complexity index is 1110. The Morgan fingerprint density at radius 1 is 1.19 bits per heavy atom. The quantitative estimate of drug-likeness (QED) is 0.540. The third-order valence-electron chi connectivity index (χ3n) is 5.90. The minimum atomic E-state index is -0.423. The lowest BCUT2D eigenvalue weighted by molar-refractivity contribution is 0.0634. The molecule has 1 fully saturated rings. The zero-order valence-electron chi connectivity index (χ0n) is 17.7. The summed E-state index contributed by atoms with van der Waals surface area (Å²) in [4.78, 5) is 27.9. The molecule has 1 atom stereocenters. The van der Waals surface area contributed by atoms with Gasteiger partial charge in [0.2, 0.25) is 0 Å². The van der Waals surface area contributed by atoms with Crippen molar-refractivity contribution in [2.24, 2.45) is 5.92 Å². The molecular weight excluding hydrogens is 395 g/mol. The minimum Gasteiger partial charge on any atom is -0.361 e. The SMILES string of the molecule is CCc1noc(C)c1C(=O)N1CCC[C@@H](C(=O)c2ccc(-c3ccccc3)c(F)c2)C1. The molecule has 3 aromatic rings. The highest BCUT2D eigenvalue weighted by Gasteiger charge is 2.32. The summed E-state index contributed by atoms with van der Waals surface area (Å²) in [5, 5.41) is 3.96.